The Labute approximate surface area is 215 Å². The first kappa shape index (κ1) is 22.0. The molecule has 3 aliphatic rings. The Balaban J connectivity index is 1.64. The third-order valence-electron chi connectivity index (χ3n) is 7.33. The lowest BCUT2D eigenvalue weighted by Crippen LogP contribution is -2.68. The summed E-state index contributed by atoms with van der Waals surface area (Å²) in [5, 5.41) is 6.19. The highest BCUT2D eigenvalue weighted by Crippen LogP contribution is 2.62. The highest BCUT2D eigenvalue weighted by Gasteiger charge is 2.69. The molecule has 3 aromatic carbocycles. The topological polar surface area (TPSA) is 107 Å². The van der Waals surface area contributed by atoms with Crippen LogP contribution < -0.4 is 21.0 Å². The number of hydrogen-bond donors (Lipinski definition) is 2. The average Bonchev–Trinajstić information content (AvgIpc) is 3.19. The van der Waals surface area contributed by atoms with Crippen molar-refractivity contribution in [3.63, 3.8) is 0 Å². The van der Waals surface area contributed by atoms with E-state index in [1.807, 2.05) is 42.5 Å². The van der Waals surface area contributed by atoms with Gasteiger partial charge >= 0.3 is 11.6 Å². The molecule has 3 aliphatic heterocycles. The van der Waals surface area contributed by atoms with Gasteiger partial charge in [0.2, 0.25) is 11.6 Å². The van der Waals surface area contributed by atoms with E-state index in [0.717, 1.165) is 10.6 Å². The van der Waals surface area contributed by atoms with Crippen molar-refractivity contribution in [3.8, 4) is 5.75 Å². The van der Waals surface area contributed by atoms with Gasteiger partial charge in [0, 0.05) is 10.6 Å². The van der Waals surface area contributed by atoms with E-state index in [-0.39, 0.29) is 23.6 Å². The zero-order chi connectivity index (χ0) is 25.4. The molecule has 1 aromatic heterocycles. The van der Waals surface area contributed by atoms with E-state index in [9.17, 15) is 14.4 Å². The molecule has 7 rings (SSSR count). The molecular formula is C28H20N2O6S. The number of anilines is 2. The number of ether oxygens (including phenoxy) is 2. The number of carbonyl (C=O) groups excluding carboxylic acids is 2. The van der Waals surface area contributed by atoms with Gasteiger partial charge in [-0.2, -0.15) is 0 Å². The minimum Gasteiger partial charge on any atom is -0.469 e. The van der Waals surface area contributed by atoms with Gasteiger partial charge < -0.3 is 24.5 Å². The number of amides is 1. The van der Waals surface area contributed by atoms with E-state index in [1.54, 1.807) is 30.3 Å². The Morgan fingerprint density at radius 3 is 2.57 bits per heavy atom. The molecule has 9 heteroatoms. The molecule has 4 heterocycles. The zero-order valence-corrected chi connectivity index (χ0v) is 20.4. The van der Waals surface area contributed by atoms with Crippen LogP contribution in [0.4, 0.5) is 11.4 Å². The number of carbonyl (C=O) groups is 2. The summed E-state index contributed by atoms with van der Waals surface area (Å²) in [6.07, 6.45) is -0.208. The van der Waals surface area contributed by atoms with Gasteiger partial charge in [-0.15, -0.1) is 11.8 Å². The molecule has 1 amide bonds. The summed E-state index contributed by atoms with van der Waals surface area (Å²) in [5.41, 5.74) is -1.19. The maximum Gasteiger partial charge on any atom is 0.344 e. The van der Waals surface area contributed by atoms with E-state index in [2.05, 4.69) is 10.6 Å². The minimum absolute atomic E-state index is 0.118. The van der Waals surface area contributed by atoms with Crippen LogP contribution >= 0.6 is 11.8 Å². The van der Waals surface area contributed by atoms with Crippen molar-refractivity contribution in [2.45, 2.75) is 27.7 Å². The first-order valence-corrected chi connectivity index (χ1v) is 12.6. The minimum atomic E-state index is -1.52. The molecule has 0 radical (unpaired) electrons. The molecule has 4 aromatic rings. The summed E-state index contributed by atoms with van der Waals surface area (Å²) in [6.45, 7) is 0. The number of methoxy groups -OCH3 is 1. The molecule has 0 unspecified atom stereocenters. The van der Waals surface area contributed by atoms with Crippen LogP contribution in [-0.2, 0) is 19.7 Å². The number of fused-ring (bicyclic) bond motifs is 9. The Hall–Kier alpha value is -4.24. The predicted molar refractivity (Wildman–Crippen MR) is 138 cm³/mol. The van der Waals surface area contributed by atoms with Crippen LogP contribution in [0.5, 0.6) is 5.75 Å². The highest BCUT2D eigenvalue weighted by atomic mass is 32.2. The third-order valence-corrected chi connectivity index (χ3v) is 8.91. The van der Waals surface area contributed by atoms with Crippen molar-refractivity contribution in [1.82, 2.24) is 0 Å². The van der Waals surface area contributed by atoms with Gasteiger partial charge in [-0.1, -0.05) is 42.5 Å². The quantitative estimate of drug-likeness (QED) is 0.303. The second-order valence-electron chi connectivity index (χ2n) is 9.26. The van der Waals surface area contributed by atoms with Crippen molar-refractivity contribution in [2.75, 3.05) is 17.7 Å². The molecule has 0 bridgehead atoms. The summed E-state index contributed by atoms with van der Waals surface area (Å²) in [6, 6.07) is 21.9. The number of hydrogen-bond acceptors (Lipinski definition) is 8. The average molecular weight is 513 g/mol. The van der Waals surface area contributed by atoms with Crippen molar-refractivity contribution in [3.05, 3.63) is 94.3 Å². The third kappa shape index (κ3) is 2.83. The van der Waals surface area contributed by atoms with E-state index in [0.29, 0.717) is 22.2 Å². The standard InChI is InChI=1S/C28H20N2O6S/c1-34-21(31)14-27-25(37-20-13-7-5-11-18(20)30-27)28(16-9-3-4-10-17(16)29-26(28)33)22-23(36-27)15-8-2-6-12-19(15)35-24(22)32/h2-13,25,30H,14H2,1H3,(H,29,33)/t25-,27-,28-/m0/s1. The zero-order valence-electron chi connectivity index (χ0n) is 19.6. The second kappa shape index (κ2) is 7.63. The van der Waals surface area contributed by atoms with Crippen LogP contribution in [0.1, 0.15) is 17.5 Å². The van der Waals surface area contributed by atoms with E-state index in [1.165, 1.54) is 18.9 Å². The van der Waals surface area contributed by atoms with Crippen LogP contribution in [0.3, 0.4) is 0 Å². The molecule has 0 aliphatic carbocycles. The number of thioether (sulfide) groups is 1. The number of para-hydroxylation sites is 3. The lowest BCUT2D eigenvalue weighted by atomic mass is 9.67. The van der Waals surface area contributed by atoms with Gasteiger partial charge in [0.05, 0.1) is 23.4 Å². The first-order valence-electron chi connectivity index (χ1n) is 11.7. The van der Waals surface area contributed by atoms with E-state index < -0.39 is 28.0 Å². The van der Waals surface area contributed by atoms with Crippen molar-refractivity contribution in [2.24, 2.45) is 0 Å². The summed E-state index contributed by atoms with van der Waals surface area (Å²) in [4.78, 5) is 41.7. The Morgan fingerprint density at radius 1 is 1.00 bits per heavy atom. The Kier molecular flexibility index (Phi) is 4.54. The number of esters is 1. The fraction of sp³-hybridized carbons (Fsp3) is 0.179. The fourth-order valence-corrected chi connectivity index (χ4v) is 7.40. The van der Waals surface area contributed by atoms with Gasteiger partial charge in [-0.3, -0.25) is 9.59 Å². The predicted octanol–water partition coefficient (Wildman–Crippen LogP) is 4.27. The monoisotopic (exact) mass is 512 g/mol. The number of rotatable bonds is 2. The molecule has 184 valence electrons. The van der Waals surface area contributed by atoms with Gasteiger partial charge in [-0.25, -0.2) is 4.79 Å². The molecule has 1 spiro atoms. The van der Waals surface area contributed by atoms with Gasteiger partial charge in [0.1, 0.15) is 28.7 Å². The van der Waals surface area contributed by atoms with Crippen molar-refractivity contribution < 1.29 is 23.5 Å². The summed E-state index contributed by atoms with van der Waals surface area (Å²) in [7, 11) is 1.31. The van der Waals surface area contributed by atoms with Crippen LogP contribution in [0.2, 0.25) is 0 Å². The van der Waals surface area contributed by atoms with Gasteiger partial charge in [-0.05, 0) is 35.9 Å². The molecule has 0 saturated heterocycles. The SMILES string of the molecule is COC(=O)C[C@@]12Nc3ccccc3S[C@@H]1[C@@]1(C(=O)Nc3ccccc31)c1c(c3ccccc3oc1=O)O2. The maximum atomic E-state index is 14.2. The van der Waals surface area contributed by atoms with E-state index >= 15 is 0 Å². The normalized spacial score (nSPS) is 24.7. The molecule has 3 atom stereocenters. The largest absolute Gasteiger partial charge is 0.469 e. The van der Waals surface area contributed by atoms with Crippen LogP contribution in [0, 0.1) is 0 Å². The van der Waals surface area contributed by atoms with Crippen LogP contribution in [0.15, 0.2) is 86.9 Å². The molecule has 37 heavy (non-hydrogen) atoms. The number of benzene rings is 3. The van der Waals surface area contributed by atoms with Crippen molar-refractivity contribution >= 4 is 46.0 Å². The van der Waals surface area contributed by atoms with Crippen LogP contribution in [-0.4, -0.2) is 30.0 Å². The summed E-state index contributed by atoms with van der Waals surface area (Å²) in [5.74, 6) is -0.685. The molecule has 8 nitrogen and oxygen atoms in total. The molecule has 0 saturated carbocycles. The van der Waals surface area contributed by atoms with Gasteiger partial charge in [0.15, 0.2) is 0 Å². The Morgan fingerprint density at radius 2 is 1.73 bits per heavy atom. The van der Waals surface area contributed by atoms with E-state index in [4.69, 9.17) is 13.9 Å². The molecular weight excluding hydrogens is 492 g/mol. The molecule has 0 fully saturated rings. The maximum absolute atomic E-state index is 14.2. The first-order chi connectivity index (χ1) is 18.0. The van der Waals surface area contributed by atoms with Gasteiger partial charge in [0.25, 0.3) is 0 Å². The number of nitrogens with one attached hydrogen (secondary N) is 2. The smallest absolute Gasteiger partial charge is 0.344 e. The lowest BCUT2D eigenvalue weighted by Gasteiger charge is -2.53. The van der Waals surface area contributed by atoms with Crippen LogP contribution in [0.25, 0.3) is 11.0 Å². The molecule has 2 N–H and O–H groups in total. The second-order valence-corrected chi connectivity index (χ2v) is 10.4. The summed E-state index contributed by atoms with van der Waals surface area (Å²) >= 11 is 1.40. The fourth-order valence-electron chi connectivity index (χ4n) is 5.83. The summed E-state index contributed by atoms with van der Waals surface area (Å²) < 4.78 is 17.6. The van der Waals surface area contributed by atoms with Crippen molar-refractivity contribution in [1.29, 1.82) is 0 Å². The highest BCUT2D eigenvalue weighted by molar-refractivity contribution is 8.00. The Bertz CT molecular complexity index is 1700. The lowest BCUT2D eigenvalue weighted by molar-refractivity contribution is -0.145.